The predicted molar refractivity (Wildman–Crippen MR) is 78.5 cm³/mol. The molecule has 2 aromatic carbocycles. The Bertz CT molecular complexity index is 501. The highest BCUT2D eigenvalue weighted by Crippen LogP contribution is 2.22. The van der Waals surface area contributed by atoms with Gasteiger partial charge in [-0.2, -0.15) is 0 Å². The Morgan fingerprint density at radius 3 is 2.50 bits per heavy atom. The van der Waals surface area contributed by atoms with Gasteiger partial charge in [0.1, 0.15) is 5.75 Å². The summed E-state index contributed by atoms with van der Waals surface area (Å²) in [4.78, 5) is 1.18. The molecule has 0 bridgehead atoms. The fourth-order valence-electron chi connectivity index (χ4n) is 1.45. The van der Waals surface area contributed by atoms with Crippen molar-refractivity contribution in [2.24, 2.45) is 0 Å². The van der Waals surface area contributed by atoms with Crippen LogP contribution < -0.4 is 10.5 Å². The molecule has 0 aliphatic carbocycles. The number of para-hydroxylation sites is 2. The lowest BCUT2D eigenvalue weighted by Gasteiger charge is -2.08. The first-order valence-corrected chi connectivity index (χ1v) is 6.98. The Balaban J connectivity index is 1.76. The minimum Gasteiger partial charge on any atom is -0.491 e. The highest BCUT2D eigenvalue weighted by atomic mass is 35.5. The number of nitrogen functional groups attached to an aromatic ring is 1. The first-order chi connectivity index (χ1) is 8.75. The lowest BCUT2D eigenvalue weighted by molar-refractivity contribution is 0.346. The smallest absolute Gasteiger partial charge is 0.142 e. The van der Waals surface area contributed by atoms with E-state index in [1.54, 1.807) is 11.8 Å². The second kappa shape index (κ2) is 6.57. The van der Waals surface area contributed by atoms with E-state index >= 15 is 0 Å². The Kier molecular flexibility index (Phi) is 4.79. The third-order valence-corrected chi connectivity index (χ3v) is 3.57. The van der Waals surface area contributed by atoms with Gasteiger partial charge in [0.25, 0.3) is 0 Å². The zero-order chi connectivity index (χ0) is 12.8. The minimum atomic E-state index is 0.626. The van der Waals surface area contributed by atoms with E-state index in [1.165, 1.54) is 4.90 Å². The molecule has 2 N–H and O–H groups in total. The van der Waals surface area contributed by atoms with Gasteiger partial charge in [-0.15, -0.1) is 11.8 Å². The van der Waals surface area contributed by atoms with Crippen molar-refractivity contribution < 1.29 is 4.74 Å². The van der Waals surface area contributed by atoms with Crippen molar-refractivity contribution >= 4 is 29.1 Å². The largest absolute Gasteiger partial charge is 0.491 e. The molecule has 2 rings (SSSR count). The summed E-state index contributed by atoms with van der Waals surface area (Å²) in [6.07, 6.45) is 0. The normalized spacial score (nSPS) is 10.3. The van der Waals surface area contributed by atoms with Gasteiger partial charge in [-0.05, 0) is 36.4 Å². The zero-order valence-electron chi connectivity index (χ0n) is 9.80. The van der Waals surface area contributed by atoms with Crippen molar-refractivity contribution in [3.8, 4) is 5.75 Å². The van der Waals surface area contributed by atoms with Crippen LogP contribution in [0, 0.1) is 0 Å². The summed E-state index contributed by atoms with van der Waals surface area (Å²) in [7, 11) is 0. The molecule has 0 unspecified atom stereocenters. The number of halogens is 1. The van der Waals surface area contributed by atoms with Crippen LogP contribution in [0.5, 0.6) is 5.75 Å². The SMILES string of the molecule is Nc1ccccc1OCCSc1ccc(Cl)cc1. The molecule has 0 saturated carbocycles. The standard InChI is InChI=1S/C14H14ClNOS/c15-11-5-7-12(8-6-11)18-10-9-17-14-4-2-1-3-13(14)16/h1-8H,9-10,16H2. The molecule has 94 valence electrons. The number of hydrogen-bond donors (Lipinski definition) is 1. The van der Waals surface area contributed by atoms with Crippen LogP contribution in [0.4, 0.5) is 5.69 Å². The molecule has 18 heavy (non-hydrogen) atoms. The molecule has 0 amide bonds. The van der Waals surface area contributed by atoms with Gasteiger partial charge < -0.3 is 10.5 Å². The van der Waals surface area contributed by atoms with Crippen LogP contribution in [0.3, 0.4) is 0 Å². The van der Waals surface area contributed by atoms with Crippen LogP contribution in [0.2, 0.25) is 5.02 Å². The van der Waals surface area contributed by atoms with Gasteiger partial charge in [-0.1, -0.05) is 23.7 Å². The quantitative estimate of drug-likeness (QED) is 0.509. The highest BCUT2D eigenvalue weighted by molar-refractivity contribution is 7.99. The molecule has 2 nitrogen and oxygen atoms in total. The van der Waals surface area contributed by atoms with E-state index in [4.69, 9.17) is 22.1 Å². The molecule has 0 spiro atoms. The maximum Gasteiger partial charge on any atom is 0.142 e. The molecule has 0 aliphatic heterocycles. The van der Waals surface area contributed by atoms with Crippen molar-refractivity contribution in [3.63, 3.8) is 0 Å². The maximum atomic E-state index is 5.82. The van der Waals surface area contributed by atoms with E-state index in [-0.39, 0.29) is 0 Å². The van der Waals surface area contributed by atoms with Crippen molar-refractivity contribution in [2.45, 2.75) is 4.90 Å². The highest BCUT2D eigenvalue weighted by Gasteiger charge is 1.99. The van der Waals surface area contributed by atoms with E-state index in [9.17, 15) is 0 Å². The fraction of sp³-hybridized carbons (Fsp3) is 0.143. The summed E-state index contributed by atoms with van der Waals surface area (Å²) in [5, 5.41) is 0.757. The van der Waals surface area contributed by atoms with Gasteiger partial charge in [-0.25, -0.2) is 0 Å². The van der Waals surface area contributed by atoms with Crippen molar-refractivity contribution in [2.75, 3.05) is 18.1 Å². The number of rotatable bonds is 5. The number of thioether (sulfide) groups is 1. The van der Waals surface area contributed by atoms with Crippen molar-refractivity contribution in [3.05, 3.63) is 53.6 Å². The number of ether oxygens (including phenoxy) is 1. The van der Waals surface area contributed by atoms with E-state index in [0.29, 0.717) is 12.3 Å². The van der Waals surface area contributed by atoms with Crippen LogP contribution in [0.15, 0.2) is 53.4 Å². The van der Waals surface area contributed by atoms with Crippen LogP contribution >= 0.6 is 23.4 Å². The van der Waals surface area contributed by atoms with Gasteiger partial charge in [0.2, 0.25) is 0 Å². The van der Waals surface area contributed by atoms with Gasteiger partial charge in [-0.3, -0.25) is 0 Å². The first kappa shape index (κ1) is 13.1. The Hall–Kier alpha value is -1.32. The second-order valence-corrected chi connectivity index (χ2v) is 5.29. The van der Waals surface area contributed by atoms with Crippen LogP contribution in [0.25, 0.3) is 0 Å². The third-order valence-electron chi connectivity index (χ3n) is 2.34. The third kappa shape index (κ3) is 3.86. The summed E-state index contributed by atoms with van der Waals surface area (Å²) in [5.41, 5.74) is 6.46. The van der Waals surface area contributed by atoms with Gasteiger partial charge in [0.15, 0.2) is 0 Å². The van der Waals surface area contributed by atoms with Crippen LogP contribution in [-0.2, 0) is 0 Å². The fourth-order valence-corrected chi connectivity index (χ4v) is 2.31. The lowest BCUT2D eigenvalue weighted by Crippen LogP contribution is -2.02. The molecule has 0 saturated heterocycles. The molecule has 4 heteroatoms. The maximum absolute atomic E-state index is 5.82. The molecule has 2 aromatic rings. The topological polar surface area (TPSA) is 35.2 Å². The molecular formula is C14H14ClNOS. The van der Waals surface area contributed by atoms with Gasteiger partial charge >= 0.3 is 0 Å². The summed E-state index contributed by atoms with van der Waals surface area (Å²) in [6.45, 7) is 0.626. The van der Waals surface area contributed by atoms with E-state index in [0.717, 1.165) is 16.5 Å². The molecule has 0 aliphatic rings. The Morgan fingerprint density at radius 1 is 1.06 bits per heavy atom. The van der Waals surface area contributed by atoms with Crippen LogP contribution in [0.1, 0.15) is 0 Å². The summed E-state index contributed by atoms with van der Waals surface area (Å²) >= 11 is 7.55. The molecule has 0 atom stereocenters. The monoisotopic (exact) mass is 279 g/mol. The Morgan fingerprint density at radius 2 is 1.78 bits per heavy atom. The number of hydrogen-bond acceptors (Lipinski definition) is 3. The van der Waals surface area contributed by atoms with Crippen molar-refractivity contribution in [1.29, 1.82) is 0 Å². The molecule has 0 radical (unpaired) electrons. The Labute approximate surface area is 116 Å². The van der Waals surface area contributed by atoms with Gasteiger partial charge in [0, 0.05) is 15.7 Å². The molecular weight excluding hydrogens is 266 g/mol. The summed E-state index contributed by atoms with van der Waals surface area (Å²) in [5.74, 6) is 1.62. The summed E-state index contributed by atoms with van der Waals surface area (Å²) in [6, 6.07) is 15.3. The molecule has 0 heterocycles. The lowest BCUT2D eigenvalue weighted by atomic mass is 10.3. The van der Waals surface area contributed by atoms with Crippen LogP contribution in [-0.4, -0.2) is 12.4 Å². The average molecular weight is 280 g/mol. The van der Waals surface area contributed by atoms with E-state index < -0.39 is 0 Å². The molecule has 0 fully saturated rings. The van der Waals surface area contributed by atoms with Crippen molar-refractivity contribution in [1.82, 2.24) is 0 Å². The first-order valence-electron chi connectivity index (χ1n) is 5.61. The minimum absolute atomic E-state index is 0.626. The number of nitrogens with two attached hydrogens (primary N) is 1. The second-order valence-electron chi connectivity index (χ2n) is 3.69. The van der Waals surface area contributed by atoms with E-state index in [2.05, 4.69) is 0 Å². The zero-order valence-corrected chi connectivity index (χ0v) is 11.4. The average Bonchev–Trinajstić information content (AvgIpc) is 2.39. The van der Waals surface area contributed by atoms with E-state index in [1.807, 2.05) is 48.5 Å². The molecule has 0 aromatic heterocycles. The number of anilines is 1. The number of benzene rings is 2. The predicted octanol–water partition coefficient (Wildman–Crippen LogP) is 4.09. The summed E-state index contributed by atoms with van der Waals surface area (Å²) < 4.78 is 5.61. The van der Waals surface area contributed by atoms with Gasteiger partial charge in [0.05, 0.1) is 12.3 Å².